The molecule has 3 rings (SSSR count). The van der Waals surface area contributed by atoms with Gasteiger partial charge in [-0.1, -0.05) is 11.6 Å². The van der Waals surface area contributed by atoms with Crippen LogP contribution in [-0.2, 0) is 17.6 Å². The molecule has 2 aromatic rings. The number of thiophene rings is 1. The number of hydrogen-bond acceptors (Lipinski definition) is 4. The lowest BCUT2D eigenvalue weighted by molar-refractivity contribution is -0.123. The predicted molar refractivity (Wildman–Crippen MR) is 98.3 cm³/mol. The van der Waals surface area contributed by atoms with E-state index in [-0.39, 0.29) is 12.5 Å². The first-order chi connectivity index (χ1) is 12.0. The lowest BCUT2D eigenvalue weighted by Gasteiger charge is -2.10. The summed E-state index contributed by atoms with van der Waals surface area (Å²) in [7, 11) is 0. The summed E-state index contributed by atoms with van der Waals surface area (Å²) in [6.07, 6.45) is 4.41. The second kappa shape index (κ2) is 7.89. The van der Waals surface area contributed by atoms with Gasteiger partial charge in [-0.15, -0.1) is 11.3 Å². The molecule has 0 radical (unpaired) electrons. The molecule has 5 nitrogen and oxygen atoms in total. The van der Waals surface area contributed by atoms with Crippen molar-refractivity contribution in [2.75, 3.05) is 6.61 Å². The van der Waals surface area contributed by atoms with E-state index in [2.05, 4.69) is 10.9 Å². The Kier molecular flexibility index (Phi) is 5.60. The maximum Gasteiger partial charge on any atom is 0.279 e. The van der Waals surface area contributed by atoms with Crippen molar-refractivity contribution >= 4 is 34.8 Å². The van der Waals surface area contributed by atoms with E-state index in [1.807, 2.05) is 13.0 Å². The summed E-state index contributed by atoms with van der Waals surface area (Å²) < 4.78 is 5.44. The Morgan fingerprint density at radius 3 is 2.76 bits per heavy atom. The van der Waals surface area contributed by atoms with Crippen LogP contribution in [0.3, 0.4) is 0 Å². The number of aryl methyl sites for hydroxylation is 3. The van der Waals surface area contributed by atoms with Crippen LogP contribution in [-0.4, -0.2) is 18.4 Å². The Hall–Kier alpha value is -2.05. The number of fused-ring (bicyclic) bond motifs is 1. The van der Waals surface area contributed by atoms with E-state index in [1.165, 1.54) is 34.6 Å². The molecule has 1 aromatic heterocycles. The van der Waals surface area contributed by atoms with Gasteiger partial charge < -0.3 is 4.74 Å². The molecule has 2 amide bonds. The molecule has 7 heteroatoms. The van der Waals surface area contributed by atoms with Crippen molar-refractivity contribution in [3.05, 3.63) is 50.2 Å². The molecular formula is C18H19ClN2O3S. The highest BCUT2D eigenvalue weighted by atomic mass is 35.5. The van der Waals surface area contributed by atoms with Gasteiger partial charge in [0.05, 0.1) is 4.88 Å². The highest BCUT2D eigenvalue weighted by Gasteiger charge is 2.17. The first-order valence-electron chi connectivity index (χ1n) is 8.12. The van der Waals surface area contributed by atoms with Gasteiger partial charge in [0.2, 0.25) is 0 Å². The molecule has 0 saturated heterocycles. The first kappa shape index (κ1) is 17.8. The molecule has 0 bridgehead atoms. The summed E-state index contributed by atoms with van der Waals surface area (Å²) >= 11 is 7.38. The average Bonchev–Trinajstić information content (AvgIpc) is 3.03. The van der Waals surface area contributed by atoms with Crippen molar-refractivity contribution in [3.63, 3.8) is 0 Å². The number of hydrazine groups is 1. The topological polar surface area (TPSA) is 67.4 Å². The molecule has 0 unspecified atom stereocenters. The Morgan fingerprint density at radius 1 is 1.20 bits per heavy atom. The Bertz CT molecular complexity index is 780. The number of benzene rings is 1. The lowest BCUT2D eigenvalue weighted by Crippen LogP contribution is -2.43. The number of carbonyl (C=O) groups excluding carboxylic acids is 2. The van der Waals surface area contributed by atoms with Crippen LogP contribution in [0.15, 0.2) is 24.3 Å². The fourth-order valence-corrected chi connectivity index (χ4v) is 4.12. The zero-order valence-corrected chi connectivity index (χ0v) is 15.4. The van der Waals surface area contributed by atoms with Crippen LogP contribution in [0.5, 0.6) is 5.75 Å². The van der Waals surface area contributed by atoms with Crippen LogP contribution in [0.25, 0.3) is 0 Å². The highest BCUT2D eigenvalue weighted by Crippen LogP contribution is 2.29. The molecular weight excluding hydrogens is 360 g/mol. The van der Waals surface area contributed by atoms with Crippen molar-refractivity contribution in [2.24, 2.45) is 0 Å². The number of hydrogen-bond donors (Lipinski definition) is 2. The van der Waals surface area contributed by atoms with E-state index in [9.17, 15) is 9.59 Å². The smallest absolute Gasteiger partial charge is 0.279 e. The summed E-state index contributed by atoms with van der Waals surface area (Å²) in [5.41, 5.74) is 6.92. The molecule has 1 aliphatic rings. The average molecular weight is 379 g/mol. The van der Waals surface area contributed by atoms with Crippen LogP contribution < -0.4 is 15.6 Å². The third-order valence-electron chi connectivity index (χ3n) is 4.03. The molecule has 0 fully saturated rings. The SMILES string of the molecule is Cc1cc(Cl)ccc1OCC(=O)NNC(=O)c1cc2c(s1)CCCC2. The Labute approximate surface area is 155 Å². The third kappa shape index (κ3) is 4.52. The number of amides is 2. The molecule has 0 atom stereocenters. The second-order valence-corrected chi connectivity index (χ2v) is 7.54. The fourth-order valence-electron chi connectivity index (χ4n) is 2.74. The summed E-state index contributed by atoms with van der Waals surface area (Å²) in [4.78, 5) is 25.9. The van der Waals surface area contributed by atoms with Crippen LogP contribution >= 0.6 is 22.9 Å². The Balaban J connectivity index is 1.48. The first-order valence-corrected chi connectivity index (χ1v) is 9.32. The number of halogens is 1. The van der Waals surface area contributed by atoms with E-state index in [4.69, 9.17) is 16.3 Å². The van der Waals surface area contributed by atoms with Crippen molar-refractivity contribution < 1.29 is 14.3 Å². The van der Waals surface area contributed by atoms with Gasteiger partial charge in [0.15, 0.2) is 6.61 Å². The normalized spacial score (nSPS) is 13.0. The van der Waals surface area contributed by atoms with Crippen molar-refractivity contribution in [2.45, 2.75) is 32.6 Å². The van der Waals surface area contributed by atoms with Crippen LogP contribution in [0, 0.1) is 6.92 Å². The van der Waals surface area contributed by atoms with Crippen LogP contribution in [0.2, 0.25) is 5.02 Å². The lowest BCUT2D eigenvalue weighted by atomic mass is 9.99. The van der Waals surface area contributed by atoms with Crippen LogP contribution in [0.4, 0.5) is 0 Å². The number of nitrogens with one attached hydrogen (secondary N) is 2. The zero-order chi connectivity index (χ0) is 17.8. The van der Waals surface area contributed by atoms with Crippen molar-refractivity contribution in [1.29, 1.82) is 0 Å². The van der Waals surface area contributed by atoms with Crippen molar-refractivity contribution in [1.82, 2.24) is 10.9 Å². The quantitative estimate of drug-likeness (QED) is 0.801. The molecule has 1 aliphatic carbocycles. The van der Waals surface area contributed by atoms with Gasteiger partial charge in [-0.3, -0.25) is 20.4 Å². The van der Waals surface area contributed by atoms with E-state index in [0.29, 0.717) is 15.6 Å². The van der Waals surface area contributed by atoms with Gasteiger partial charge >= 0.3 is 0 Å². The van der Waals surface area contributed by atoms with E-state index in [0.717, 1.165) is 18.4 Å². The maximum atomic E-state index is 12.2. The molecule has 25 heavy (non-hydrogen) atoms. The third-order valence-corrected chi connectivity index (χ3v) is 5.50. The summed E-state index contributed by atoms with van der Waals surface area (Å²) in [5.74, 6) is -0.142. The van der Waals surface area contributed by atoms with Crippen molar-refractivity contribution in [3.8, 4) is 5.75 Å². The molecule has 2 N–H and O–H groups in total. The van der Waals surface area contributed by atoms with E-state index < -0.39 is 5.91 Å². The summed E-state index contributed by atoms with van der Waals surface area (Å²) in [6.45, 7) is 1.66. The minimum Gasteiger partial charge on any atom is -0.483 e. The number of ether oxygens (including phenoxy) is 1. The molecule has 132 valence electrons. The van der Waals surface area contributed by atoms with Gasteiger partial charge in [-0.25, -0.2) is 0 Å². The summed E-state index contributed by atoms with van der Waals surface area (Å²) in [6, 6.07) is 7.09. The van der Waals surface area contributed by atoms with E-state index in [1.54, 1.807) is 18.2 Å². The predicted octanol–water partition coefficient (Wildman–Crippen LogP) is 3.43. The van der Waals surface area contributed by atoms with Gasteiger partial charge in [-0.2, -0.15) is 0 Å². The molecule has 1 heterocycles. The van der Waals surface area contributed by atoms with Crippen LogP contribution in [0.1, 0.15) is 38.5 Å². The summed E-state index contributed by atoms with van der Waals surface area (Å²) in [5, 5.41) is 0.611. The zero-order valence-electron chi connectivity index (χ0n) is 13.9. The Morgan fingerprint density at radius 2 is 2.00 bits per heavy atom. The number of rotatable bonds is 4. The van der Waals surface area contributed by atoms with Gasteiger partial charge in [0.1, 0.15) is 5.75 Å². The monoisotopic (exact) mass is 378 g/mol. The number of carbonyl (C=O) groups is 2. The molecule has 0 spiro atoms. The van der Waals surface area contributed by atoms with Gasteiger partial charge in [-0.05, 0) is 68.0 Å². The highest BCUT2D eigenvalue weighted by molar-refractivity contribution is 7.14. The fraction of sp³-hybridized carbons (Fsp3) is 0.333. The molecule has 0 saturated carbocycles. The minimum absolute atomic E-state index is 0.191. The molecule has 0 aliphatic heterocycles. The van der Waals surface area contributed by atoms with Gasteiger partial charge in [0, 0.05) is 9.90 Å². The largest absolute Gasteiger partial charge is 0.483 e. The molecule has 1 aromatic carbocycles. The minimum atomic E-state index is -0.427. The second-order valence-electron chi connectivity index (χ2n) is 5.97. The van der Waals surface area contributed by atoms with E-state index >= 15 is 0 Å². The standard InChI is InChI=1S/C18H19ClN2O3S/c1-11-8-13(19)6-7-14(11)24-10-17(22)20-21-18(23)16-9-12-4-2-3-5-15(12)25-16/h6-9H,2-5,10H2,1H3,(H,20,22)(H,21,23). The van der Waals surface area contributed by atoms with Gasteiger partial charge in [0.25, 0.3) is 11.8 Å². The maximum absolute atomic E-state index is 12.2.